The second-order valence-electron chi connectivity index (χ2n) is 3.85. The number of nitrogens with zero attached hydrogens (tertiary/aromatic N) is 1. The lowest BCUT2D eigenvalue weighted by Crippen LogP contribution is -2.15. The van der Waals surface area contributed by atoms with E-state index in [4.69, 9.17) is 5.11 Å². The van der Waals surface area contributed by atoms with Gasteiger partial charge in [0.25, 0.3) is 0 Å². The van der Waals surface area contributed by atoms with Crippen molar-refractivity contribution in [3.63, 3.8) is 0 Å². The third-order valence-corrected chi connectivity index (χ3v) is 3.58. The van der Waals surface area contributed by atoms with E-state index in [1.165, 1.54) is 16.9 Å². The maximum Gasteiger partial charge on any atom is 0.345 e. The molecule has 0 bridgehead atoms. The van der Waals surface area contributed by atoms with Crippen molar-refractivity contribution in [1.82, 2.24) is 10.3 Å². The Hall–Kier alpha value is -1.72. The molecule has 0 saturated heterocycles. The van der Waals surface area contributed by atoms with E-state index in [0.717, 1.165) is 17.8 Å². The van der Waals surface area contributed by atoms with Gasteiger partial charge in [-0.05, 0) is 42.8 Å². The molecule has 94 valence electrons. The molecule has 0 aliphatic rings. The predicted molar refractivity (Wildman–Crippen MR) is 70.9 cm³/mol. The number of aromatic carboxylic acids is 1. The molecule has 2 aromatic rings. The van der Waals surface area contributed by atoms with Crippen LogP contribution in [0.2, 0.25) is 0 Å². The number of hydrogen-bond acceptors (Lipinski definition) is 4. The quantitative estimate of drug-likeness (QED) is 0.783. The second-order valence-corrected chi connectivity index (χ2v) is 5.02. The summed E-state index contributed by atoms with van der Waals surface area (Å²) in [5.74, 6) is -0.858. The minimum atomic E-state index is -0.858. The van der Waals surface area contributed by atoms with Crippen LogP contribution < -0.4 is 5.32 Å². The Balaban J connectivity index is 1.73. The van der Waals surface area contributed by atoms with E-state index in [9.17, 15) is 4.79 Å². The van der Waals surface area contributed by atoms with Crippen LogP contribution in [0, 0.1) is 0 Å². The van der Waals surface area contributed by atoms with Crippen molar-refractivity contribution in [2.24, 2.45) is 0 Å². The highest BCUT2D eigenvalue weighted by Crippen LogP contribution is 2.15. The number of pyridine rings is 1. The van der Waals surface area contributed by atoms with Gasteiger partial charge in [-0.3, -0.25) is 4.98 Å². The fraction of sp³-hybridized carbons (Fsp3) is 0.231. The number of aromatic nitrogens is 1. The Bertz CT molecular complexity index is 511. The van der Waals surface area contributed by atoms with Gasteiger partial charge in [0, 0.05) is 23.8 Å². The number of hydrogen-bond donors (Lipinski definition) is 2. The molecule has 18 heavy (non-hydrogen) atoms. The van der Waals surface area contributed by atoms with Crippen LogP contribution in [0.3, 0.4) is 0 Å². The monoisotopic (exact) mass is 262 g/mol. The lowest BCUT2D eigenvalue weighted by Gasteiger charge is -2.02. The first-order chi connectivity index (χ1) is 8.75. The van der Waals surface area contributed by atoms with Gasteiger partial charge >= 0.3 is 5.97 Å². The molecule has 0 unspecified atom stereocenters. The van der Waals surface area contributed by atoms with Crippen molar-refractivity contribution >= 4 is 17.3 Å². The zero-order valence-corrected chi connectivity index (χ0v) is 10.6. The number of rotatable bonds is 6. The summed E-state index contributed by atoms with van der Waals surface area (Å²) in [6.07, 6.45) is 4.52. The molecule has 0 aliphatic carbocycles. The van der Waals surface area contributed by atoms with Crippen LogP contribution in [0.15, 0.2) is 36.7 Å². The van der Waals surface area contributed by atoms with E-state index in [0.29, 0.717) is 11.4 Å². The Morgan fingerprint density at radius 1 is 1.28 bits per heavy atom. The summed E-state index contributed by atoms with van der Waals surface area (Å²) in [5, 5.41) is 12.1. The van der Waals surface area contributed by atoms with Crippen LogP contribution in [0.1, 0.15) is 20.1 Å². The summed E-state index contributed by atoms with van der Waals surface area (Å²) >= 11 is 1.32. The van der Waals surface area contributed by atoms with E-state index in [1.807, 2.05) is 18.2 Å². The van der Waals surface area contributed by atoms with E-state index in [1.54, 1.807) is 18.5 Å². The SMILES string of the molecule is O=C(O)c1ccc(CNCCc2ccncc2)s1. The molecular weight excluding hydrogens is 248 g/mol. The highest BCUT2D eigenvalue weighted by Gasteiger charge is 2.06. The summed E-state index contributed by atoms with van der Waals surface area (Å²) in [7, 11) is 0. The summed E-state index contributed by atoms with van der Waals surface area (Å²) in [6, 6.07) is 7.49. The molecule has 4 nitrogen and oxygen atoms in total. The van der Waals surface area contributed by atoms with E-state index in [2.05, 4.69) is 10.3 Å². The molecule has 2 aromatic heterocycles. The van der Waals surface area contributed by atoms with E-state index >= 15 is 0 Å². The Morgan fingerprint density at radius 3 is 2.72 bits per heavy atom. The largest absolute Gasteiger partial charge is 0.477 e. The zero-order chi connectivity index (χ0) is 12.8. The van der Waals surface area contributed by atoms with Crippen molar-refractivity contribution in [2.75, 3.05) is 6.54 Å². The van der Waals surface area contributed by atoms with Crippen molar-refractivity contribution in [1.29, 1.82) is 0 Å². The fourth-order valence-corrected chi connectivity index (χ4v) is 2.40. The van der Waals surface area contributed by atoms with Crippen LogP contribution in [-0.4, -0.2) is 22.6 Å². The van der Waals surface area contributed by atoms with Gasteiger partial charge in [-0.2, -0.15) is 0 Å². The molecule has 0 spiro atoms. The van der Waals surface area contributed by atoms with Crippen LogP contribution in [-0.2, 0) is 13.0 Å². The molecule has 2 heterocycles. The molecule has 0 radical (unpaired) electrons. The average molecular weight is 262 g/mol. The van der Waals surface area contributed by atoms with Crippen LogP contribution in [0.4, 0.5) is 0 Å². The summed E-state index contributed by atoms with van der Waals surface area (Å²) in [5.41, 5.74) is 1.25. The molecule has 5 heteroatoms. The zero-order valence-electron chi connectivity index (χ0n) is 9.80. The highest BCUT2D eigenvalue weighted by molar-refractivity contribution is 7.13. The van der Waals surface area contributed by atoms with E-state index in [-0.39, 0.29) is 0 Å². The highest BCUT2D eigenvalue weighted by atomic mass is 32.1. The smallest absolute Gasteiger partial charge is 0.345 e. The van der Waals surface area contributed by atoms with Gasteiger partial charge < -0.3 is 10.4 Å². The molecule has 0 fully saturated rings. The predicted octanol–water partition coefficient (Wildman–Crippen LogP) is 2.17. The van der Waals surface area contributed by atoms with Gasteiger partial charge in [-0.25, -0.2) is 4.79 Å². The van der Waals surface area contributed by atoms with Crippen molar-refractivity contribution in [2.45, 2.75) is 13.0 Å². The number of carboxylic acid groups (broad SMARTS) is 1. The summed E-state index contributed by atoms with van der Waals surface area (Å²) < 4.78 is 0. The minimum Gasteiger partial charge on any atom is -0.477 e. The molecule has 0 saturated carbocycles. The van der Waals surface area contributed by atoms with Crippen molar-refractivity contribution in [3.8, 4) is 0 Å². The number of thiophene rings is 1. The third-order valence-electron chi connectivity index (χ3n) is 2.51. The first kappa shape index (κ1) is 12.7. The molecule has 0 amide bonds. The third kappa shape index (κ3) is 3.65. The normalized spacial score (nSPS) is 10.4. The first-order valence-electron chi connectivity index (χ1n) is 5.67. The van der Waals surface area contributed by atoms with Gasteiger partial charge in [0.05, 0.1) is 0 Å². The van der Waals surface area contributed by atoms with Gasteiger partial charge in [0.1, 0.15) is 4.88 Å². The van der Waals surface area contributed by atoms with Gasteiger partial charge in [0.2, 0.25) is 0 Å². The Kier molecular flexibility index (Phi) is 4.44. The summed E-state index contributed by atoms with van der Waals surface area (Å²) in [6.45, 7) is 1.58. The average Bonchev–Trinajstić information content (AvgIpc) is 2.85. The van der Waals surface area contributed by atoms with Gasteiger partial charge in [0.15, 0.2) is 0 Å². The van der Waals surface area contributed by atoms with E-state index < -0.39 is 5.97 Å². The first-order valence-corrected chi connectivity index (χ1v) is 6.49. The Morgan fingerprint density at radius 2 is 2.06 bits per heavy atom. The van der Waals surface area contributed by atoms with Gasteiger partial charge in [-0.15, -0.1) is 11.3 Å². The molecule has 2 rings (SSSR count). The topological polar surface area (TPSA) is 62.2 Å². The van der Waals surface area contributed by atoms with Gasteiger partial charge in [-0.1, -0.05) is 0 Å². The van der Waals surface area contributed by atoms with Crippen LogP contribution in [0.5, 0.6) is 0 Å². The standard InChI is InChI=1S/C13H14N2O2S/c16-13(17)12-2-1-11(18-12)9-15-8-5-10-3-6-14-7-4-10/h1-4,6-7,15H,5,8-9H2,(H,16,17). The molecule has 0 atom stereocenters. The minimum absolute atomic E-state index is 0.390. The molecule has 0 aromatic carbocycles. The Labute approximate surface area is 109 Å². The molecule has 0 aliphatic heterocycles. The fourth-order valence-electron chi connectivity index (χ4n) is 1.58. The lowest BCUT2D eigenvalue weighted by atomic mass is 10.2. The molecule has 2 N–H and O–H groups in total. The lowest BCUT2D eigenvalue weighted by molar-refractivity contribution is 0.0702. The number of nitrogens with one attached hydrogen (secondary N) is 1. The number of carbonyl (C=O) groups is 1. The second kappa shape index (κ2) is 6.28. The number of carboxylic acids is 1. The summed E-state index contributed by atoms with van der Waals surface area (Å²) in [4.78, 5) is 16.1. The maximum absolute atomic E-state index is 10.7. The van der Waals surface area contributed by atoms with Crippen molar-refractivity contribution in [3.05, 3.63) is 52.0 Å². The van der Waals surface area contributed by atoms with Crippen LogP contribution in [0.25, 0.3) is 0 Å². The maximum atomic E-state index is 10.7. The molecular formula is C13H14N2O2S. The van der Waals surface area contributed by atoms with Crippen LogP contribution >= 0.6 is 11.3 Å². The van der Waals surface area contributed by atoms with Crippen molar-refractivity contribution < 1.29 is 9.90 Å².